The number of alkyl halides is 3. The highest BCUT2D eigenvalue weighted by atomic mass is 19.4. The average Bonchev–Trinajstić information content (AvgIpc) is 3.18. The molecule has 1 fully saturated rings. The number of rotatable bonds is 2. The van der Waals surface area contributed by atoms with Gasteiger partial charge in [0.25, 0.3) is 0 Å². The summed E-state index contributed by atoms with van der Waals surface area (Å²) < 4.78 is 38.5. The number of carbonyl (C=O) groups excluding carboxylic acids is 1. The van der Waals surface area contributed by atoms with Crippen molar-refractivity contribution in [3.63, 3.8) is 0 Å². The van der Waals surface area contributed by atoms with Gasteiger partial charge < -0.3 is 10.6 Å². The van der Waals surface area contributed by atoms with Crippen LogP contribution in [0.4, 0.5) is 13.2 Å². The number of fused-ring (bicyclic) bond motifs is 1. The Kier molecular flexibility index (Phi) is 3.01. The van der Waals surface area contributed by atoms with Crippen LogP contribution < -0.4 is 10.6 Å². The van der Waals surface area contributed by atoms with Crippen LogP contribution in [0.25, 0.3) is 0 Å². The fraction of sp³-hybridized carbons (Fsp3) is 0.500. The van der Waals surface area contributed by atoms with Crippen molar-refractivity contribution >= 4 is 5.91 Å². The molecular weight excluding hydrogens is 269 g/mol. The summed E-state index contributed by atoms with van der Waals surface area (Å²) in [7, 11) is 0. The lowest BCUT2D eigenvalue weighted by atomic mass is 9.95. The van der Waals surface area contributed by atoms with Crippen LogP contribution in [-0.2, 0) is 17.8 Å². The average molecular weight is 284 g/mol. The maximum absolute atomic E-state index is 12.8. The molecule has 1 heterocycles. The van der Waals surface area contributed by atoms with Crippen molar-refractivity contribution in [2.24, 2.45) is 0 Å². The van der Waals surface area contributed by atoms with Crippen LogP contribution in [0.3, 0.4) is 0 Å². The second-order valence-electron chi connectivity index (χ2n) is 5.48. The lowest BCUT2D eigenvalue weighted by Crippen LogP contribution is -2.55. The first-order valence-corrected chi connectivity index (χ1v) is 6.60. The Labute approximate surface area is 114 Å². The summed E-state index contributed by atoms with van der Waals surface area (Å²) in [5.74, 6) is -0.561. The monoisotopic (exact) mass is 284 g/mol. The first-order chi connectivity index (χ1) is 9.41. The molecule has 0 unspecified atom stereocenters. The van der Waals surface area contributed by atoms with Crippen LogP contribution in [-0.4, -0.2) is 23.7 Å². The highest BCUT2D eigenvalue weighted by molar-refractivity contribution is 5.83. The summed E-state index contributed by atoms with van der Waals surface area (Å²) in [5.41, 5.74) is 0.125. The van der Waals surface area contributed by atoms with E-state index in [2.05, 4.69) is 10.6 Å². The van der Waals surface area contributed by atoms with Gasteiger partial charge in [0.1, 0.15) is 5.54 Å². The maximum atomic E-state index is 12.8. The van der Waals surface area contributed by atoms with Crippen LogP contribution in [0, 0.1) is 0 Å². The molecule has 1 saturated carbocycles. The third-order valence-electron chi connectivity index (χ3n) is 4.05. The van der Waals surface area contributed by atoms with Crippen molar-refractivity contribution in [3.8, 4) is 0 Å². The molecule has 0 spiro atoms. The lowest BCUT2D eigenvalue weighted by molar-refractivity contribution is -0.171. The molecule has 1 amide bonds. The molecule has 108 valence electrons. The lowest BCUT2D eigenvalue weighted by Gasteiger charge is -2.28. The Morgan fingerprint density at radius 1 is 1.25 bits per heavy atom. The molecule has 2 N–H and O–H groups in total. The predicted octanol–water partition coefficient (Wildman–Crippen LogP) is 1.91. The highest BCUT2D eigenvalue weighted by Gasteiger charge is 2.64. The number of benzene rings is 1. The molecular formula is C14H15F3N2O. The van der Waals surface area contributed by atoms with Gasteiger partial charge >= 0.3 is 6.18 Å². The second kappa shape index (κ2) is 4.48. The molecule has 0 bridgehead atoms. The van der Waals surface area contributed by atoms with Gasteiger partial charge in [-0.05, 0) is 30.4 Å². The molecule has 0 aromatic heterocycles. The highest BCUT2D eigenvalue weighted by Crippen LogP contribution is 2.48. The summed E-state index contributed by atoms with van der Waals surface area (Å²) in [4.78, 5) is 12.0. The van der Waals surface area contributed by atoms with E-state index in [4.69, 9.17) is 0 Å². The smallest absolute Gasteiger partial charge is 0.341 e. The van der Waals surface area contributed by atoms with Gasteiger partial charge in [0, 0.05) is 6.54 Å². The SMILES string of the molecule is O=C(NC1(C(F)(F)F)CC1)[C@H]1Cc2ccccc2CN1. The molecule has 1 aliphatic carbocycles. The van der Waals surface area contributed by atoms with Gasteiger partial charge in [-0.1, -0.05) is 24.3 Å². The molecule has 3 rings (SSSR count). The normalized spacial score (nSPS) is 23.9. The number of nitrogens with one attached hydrogen (secondary N) is 2. The summed E-state index contributed by atoms with van der Waals surface area (Å²) >= 11 is 0. The summed E-state index contributed by atoms with van der Waals surface area (Å²) in [6, 6.07) is 7.05. The van der Waals surface area contributed by atoms with E-state index in [1.807, 2.05) is 24.3 Å². The zero-order chi connectivity index (χ0) is 14.4. The predicted molar refractivity (Wildman–Crippen MR) is 66.9 cm³/mol. The first kappa shape index (κ1) is 13.4. The quantitative estimate of drug-likeness (QED) is 0.871. The van der Waals surface area contributed by atoms with Gasteiger partial charge in [-0.2, -0.15) is 13.2 Å². The Balaban J connectivity index is 1.68. The Bertz CT molecular complexity index is 537. The second-order valence-corrected chi connectivity index (χ2v) is 5.48. The van der Waals surface area contributed by atoms with E-state index in [1.54, 1.807) is 0 Å². The largest absolute Gasteiger partial charge is 0.411 e. The van der Waals surface area contributed by atoms with Gasteiger partial charge in [0.05, 0.1) is 6.04 Å². The van der Waals surface area contributed by atoms with Crippen molar-refractivity contribution in [2.45, 2.75) is 43.6 Å². The molecule has 1 aromatic rings. The molecule has 20 heavy (non-hydrogen) atoms. The van der Waals surface area contributed by atoms with Crippen LogP contribution in [0.1, 0.15) is 24.0 Å². The zero-order valence-corrected chi connectivity index (χ0v) is 10.8. The van der Waals surface area contributed by atoms with E-state index >= 15 is 0 Å². The molecule has 6 heteroatoms. The van der Waals surface area contributed by atoms with Gasteiger partial charge in [-0.25, -0.2) is 0 Å². The maximum Gasteiger partial charge on any atom is 0.411 e. The zero-order valence-electron chi connectivity index (χ0n) is 10.8. The Hall–Kier alpha value is -1.56. The van der Waals surface area contributed by atoms with Gasteiger partial charge in [0.15, 0.2) is 0 Å². The number of hydrogen-bond donors (Lipinski definition) is 2. The van der Waals surface area contributed by atoms with Crippen molar-refractivity contribution in [3.05, 3.63) is 35.4 Å². The summed E-state index contributed by atoms with van der Waals surface area (Å²) in [6.07, 6.45) is -3.98. The van der Waals surface area contributed by atoms with E-state index in [-0.39, 0.29) is 12.8 Å². The minimum atomic E-state index is -4.37. The van der Waals surface area contributed by atoms with Crippen LogP contribution in [0.2, 0.25) is 0 Å². The minimum Gasteiger partial charge on any atom is -0.341 e. The summed E-state index contributed by atoms with van der Waals surface area (Å²) in [5, 5.41) is 5.18. The Morgan fingerprint density at radius 3 is 2.50 bits per heavy atom. The number of carbonyl (C=O) groups is 1. The van der Waals surface area contributed by atoms with E-state index in [0.717, 1.165) is 11.1 Å². The van der Waals surface area contributed by atoms with Crippen LogP contribution in [0.5, 0.6) is 0 Å². The summed E-state index contributed by atoms with van der Waals surface area (Å²) in [6.45, 7) is 0.507. The van der Waals surface area contributed by atoms with Crippen molar-refractivity contribution in [1.82, 2.24) is 10.6 Å². The molecule has 2 aliphatic rings. The van der Waals surface area contributed by atoms with Crippen LogP contribution >= 0.6 is 0 Å². The van der Waals surface area contributed by atoms with E-state index < -0.39 is 23.7 Å². The van der Waals surface area contributed by atoms with Gasteiger partial charge in [-0.15, -0.1) is 0 Å². The van der Waals surface area contributed by atoms with Gasteiger partial charge in [-0.3, -0.25) is 4.79 Å². The third-order valence-corrected chi connectivity index (χ3v) is 4.05. The van der Waals surface area contributed by atoms with E-state index in [0.29, 0.717) is 13.0 Å². The topological polar surface area (TPSA) is 41.1 Å². The standard InChI is InChI=1S/C14H15F3N2O/c15-14(16,17)13(5-6-13)19-12(20)11-7-9-3-1-2-4-10(9)8-18-11/h1-4,11,18H,5-8H2,(H,19,20)/t11-/m1/s1. The van der Waals surface area contributed by atoms with Gasteiger partial charge in [0.2, 0.25) is 5.91 Å². The number of halogens is 3. The van der Waals surface area contributed by atoms with Crippen molar-refractivity contribution in [1.29, 1.82) is 0 Å². The molecule has 0 saturated heterocycles. The minimum absolute atomic E-state index is 0.0223. The number of amides is 1. The molecule has 0 radical (unpaired) electrons. The molecule has 1 aliphatic heterocycles. The first-order valence-electron chi connectivity index (χ1n) is 6.60. The Morgan fingerprint density at radius 2 is 1.90 bits per heavy atom. The fourth-order valence-corrected chi connectivity index (χ4v) is 2.57. The number of hydrogen-bond acceptors (Lipinski definition) is 2. The fourth-order valence-electron chi connectivity index (χ4n) is 2.57. The van der Waals surface area contributed by atoms with Crippen molar-refractivity contribution < 1.29 is 18.0 Å². The van der Waals surface area contributed by atoms with Crippen molar-refractivity contribution in [2.75, 3.05) is 0 Å². The van der Waals surface area contributed by atoms with Crippen LogP contribution in [0.15, 0.2) is 24.3 Å². The molecule has 3 nitrogen and oxygen atoms in total. The molecule has 1 aromatic carbocycles. The van der Waals surface area contributed by atoms with E-state index in [9.17, 15) is 18.0 Å². The third kappa shape index (κ3) is 2.28. The molecule has 1 atom stereocenters. The van der Waals surface area contributed by atoms with E-state index in [1.165, 1.54) is 0 Å².